The van der Waals surface area contributed by atoms with E-state index in [1.165, 1.54) is 13.3 Å². The number of carbonyl (C=O) groups is 2. The molecule has 6 nitrogen and oxygen atoms in total. The second kappa shape index (κ2) is 8.05. The van der Waals surface area contributed by atoms with Crippen LogP contribution in [0.25, 0.3) is 0 Å². The highest BCUT2D eigenvalue weighted by Gasteiger charge is 2.19. The smallest absolute Gasteiger partial charge is 0.234 e. The molecule has 0 saturated carbocycles. The summed E-state index contributed by atoms with van der Waals surface area (Å²) in [5, 5.41) is 8.70. The molecule has 0 aromatic rings. The van der Waals surface area contributed by atoms with E-state index in [1.807, 2.05) is 7.05 Å². The zero-order valence-corrected chi connectivity index (χ0v) is 11.3. The minimum atomic E-state index is -0.0721. The van der Waals surface area contributed by atoms with E-state index in [2.05, 4.69) is 20.9 Å². The molecule has 1 aliphatic rings. The van der Waals surface area contributed by atoms with Crippen molar-refractivity contribution in [1.29, 1.82) is 0 Å². The number of hydrogen-bond donors (Lipinski definition) is 3. The van der Waals surface area contributed by atoms with Crippen molar-refractivity contribution in [3.63, 3.8) is 0 Å². The van der Waals surface area contributed by atoms with E-state index in [4.69, 9.17) is 0 Å². The number of likely N-dealkylation sites (N-methyl/N-ethyl adjacent to an activating group) is 1. The summed E-state index contributed by atoms with van der Waals surface area (Å²) in [6.45, 7) is 4.79. The fourth-order valence-corrected chi connectivity index (χ4v) is 2.13. The zero-order chi connectivity index (χ0) is 13.4. The van der Waals surface area contributed by atoms with Crippen LogP contribution in [0.5, 0.6) is 0 Å². The Morgan fingerprint density at radius 1 is 1.28 bits per heavy atom. The van der Waals surface area contributed by atoms with Gasteiger partial charge in [-0.1, -0.05) is 0 Å². The van der Waals surface area contributed by atoms with Gasteiger partial charge in [0.15, 0.2) is 0 Å². The van der Waals surface area contributed by atoms with Crippen molar-refractivity contribution in [2.24, 2.45) is 0 Å². The average molecular weight is 256 g/mol. The zero-order valence-electron chi connectivity index (χ0n) is 11.3. The molecule has 1 atom stereocenters. The van der Waals surface area contributed by atoms with Gasteiger partial charge < -0.3 is 16.0 Å². The first kappa shape index (κ1) is 14.9. The van der Waals surface area contributed by atoms with E-state index >= 15 is 0 Å². The molecule has 0 bridgehead atoms. The van der Waals surface area contributed by atoms with Crippen molar-refractivity contribution in [3.05, 3.63) is 0 Å². The van der Waals surface area contributed by atoms with Gasteiger partial charge in [-0.25, -0.2) is 0 Å². The van der Waals surface area contributed by atoms with Crippen molar-refractivity contribution in [2.75, 3.05) is 39.8 Å². The third kappa shape index (κ3) is 5.97. The summed E-state index contributed by atoms with van der Waals surface area (Å²) in [6.07, 6.45) is 2.31. The van der Waals surface area contributed by atoms with Crippen molar-refractivity contribution in [3.8, 4) is 0 Å². The third-order valence-corrected chi connectivity index (χ3v) is 3.10. The number of nitrogens with zero attached hydrogens (tertiary/aromatic N) is 1. The molecule has 1 saturated heterocycles. The van der Waals surface area contributed by atoms with E-state index in [0.29, 0.717) is 25.7 Å². The molecular formula is C12H24N4O2. The van der Waals surface area contributed by atoms with E-state index in [9.17, 15) is 9.59 Å². The van der Waals surface area contributed by atoms with Crippen LogP contribution < -0.4 is 16.0 Å². The summed E-state index contributed by atoms with van der Waals surface area (Å²) in [4.78, 5) is 24.5. The highest BCUT2D eigenvalue weighted by molar-refractivity contribution is 5.78. The van der Waals surface area contributed by atoms with Gasteiger partial charge >= 0.3 is 0 Å². The normalized spacial score (nSPS) is 20.4. The first-order valence-electron chi connectivity index (χ1n) is 6.52. The number of carbonyl (C=O) groups excluding carboxylic acids is 2. The van der Waals surface area contributed by atoms with Crippen LogP contribution >= 0.6 is 0 Å². The highest BCUT2D eigenvalue weighted by Crippen LogP contribution is 2.08. The molecule has 2 amide bonds. The van der Waals surface area contributed by atoms with Crippen LogP contribution in [-0.4, -0.2) is 62.5 Å². The van der Waals surface area contributed by atoms with E-state index < -0.39 is 0 Å². The lowest BCUT2D eigenvalue weighted by Crippen LogP contribution is -2.48. The van der Waals surface area contributed by atoms with E-state index in [0.717, 1.165) is 19.5 Å². The maximum absolute atomic E-state index is 11.7. The number of likely N-dealkylation sites (tertiary alicyclic amines) is 1. The van der Waals surface area contributed by atoms with Crippen LogP contribution in [0.3, 0.4) is 0 Å². The molecular weight excluding hydrogens is 232 g/mol. The van der Waals surface area contributed by atoms with Crippen LogP contribution in [0.2, 0.25) is 0 Å². The topological polar surface area (TPSA) is 73.5 Å². The third-order valence-electron chi connectivity index (χ3n) is 3.10. The van der Waals surface area contributed by atoms with Crippen molar-refractivity contribution >= 4 is 11.8 Å². The Balaban J connectivity index is 2.13. The minimum absolute atomic E-state index is 0.0251. The molecule has 18 heavy (non-hydrogen) atoms. The number of amides is 2. The summed E-state index contributed by atoms with van der Waals surface area (Å²) < 4.78 is 0. The van der Waals surface area contributed by atoms with Gasteiger partial charge in [0, 0.05) is 32.6 Å². The summed E-state index contributed by atoms with van der Waals surface area (Å²) in [6, 6.07) is 0.492. The molecule has 1 heterocycles. The molecule has 0 aliphatic carbocycles. The Bertz CT molecular complexity index is 283. The molecule has 0 aromatic heterocycles. The Morgan fingerprint density at radius 2 is 2.00 bits per heavy atom. The lowest BCUT2D eigenvalue weighted by molar-refractivity contribution is -0.123. The molecule has 6 heteroatoms. The molecule has 0 aromatic carbocycles. The fraction of sp³-hybridized carbons (Fsp3) is 0.833. The van der Waals surface area contributed by atoms with Gasteiger partial charge in [-0.2, -0.15) is 0 Å². The molecule has 1 fully saturated rings. The molecule has 1 aliphatic heterocycles. The quantitative estimate of drug-likeness (QED) is 0.529. The number of nitrogens with one attached hydrogen (secondary N) is 3. The summed E-state index contributed by atoms with van der Waals surface area (Å²) in [5.74, 6) is -0.0470. The molecule has 1 unspecified atom stereocenters. The van der Waals surface area contributed by atoms with Crippen molar-refractivity contribution in [1.82, 2.24) is 20.9 Å². The fourth-order valence-electron chi connectivity index (χ4n) is 2.13. The summed E-state index contributed by atoms with van der Waals surface area (Å²) >= 11 is 0. The SMILES string of the molecule is CNC1CCCN(CC(=O)NCCNC(C)=O)C1. The highest BCUT2D eigenvalue weighted by atomic mass is 16.2. The Kier molecular flexibility index (Phi) is 6.67. The number of rotatable bonds is 6. The van der Waals surface area contributed by atoms with E-state index in [-0.39, 0.29) is 11.8 Å². The number of piperidine rings is 1. The molecule has 3 N–H and O–H groups in total. The summed E-state index contributed by atoms with van der Waals surface area (Å²) in [5.41, 5.74) is 0. The van der Waals surface area contributed by atoms with Crippen LogP contribution in [0, 0.1) is 0 Å². The maximum atomic E-state index is 11.7. The maximum Gasteiger partial charge on any atom is 0.234 e. The first-order chi connectivity index (χ1) is 8.61. The van der Waals surface area contributed by atoms with Crippen LogP contribution in [-0.2, 0) is 9.59 Å². The Labute approximate surface area is 108 Å². The molecule has 1 rings (SSSR count). The molecule has 0 radical (unpaired) electrons. The van der Waals surface area contributed by atoms with Crippen LogP contribution in [0.1, 0.15) is 19.8 Å². The van der Waals surface area contributed by atoms with Crippen LogP contribution in [0.15, 0.2) is 0 Å². The lowest BCUT2D eigenvalue weighted by Gasteiger charge is -2.31. The van der Waals surface area contributed by atoms with Gasteiger partial charge in [-0.15, -0.1) is 0 Å². The largest absolute Gasteiger partial charge is 0.355 e. The van der Waals surface area contributed by atoms with E-state index in [1.54, 1.807) is 0 Å². The second-order valence-corrected chi connectivity index (χ2v) is 4.70. The van der Waals surface area contributed by atoms with Gasteiger partial charge in [0.05, 0.1) is 6.54 Å². The lowest BCUT2D eigenvalue weighted by atomic mass is 10.1. The standard InChI is InChI=1S/C12H24N4O2/c1-10(17)14-5-6-15-12(18)9-16-7-3-4-11(8-16)13-2/h11,13H,3-9H2,1-2H3,(H,14,17)(H,15,18). The predicted molar refractivity (Wildman–Crippen MR) is 70.2 cm³/mol. The van der Waals surface area contributed by atoms with Crippen molar-refractivity contribution in [2.45, 2.75) is 25.8 Å². The minimum Gasteiger partial charge on any atom is -0.355 e. The molecule has 104 valence electrons. The Morgan fingerprint density at radius 3 is 2.67 bits per heavy atom. The number of hydrogen-bond acceptors (Lipinski definition) is 4. The molecule has 0 spiro atoms. The van der Waals surface area contributed by atoms with Crippen LogP contribution in [0.4, 0.5) is 0 Å². The van der Waals surface area contributed by atoms with Gasteiger partial charge in [-0.3, -0.25) is 14.5 Å². The van der Waals surface area contributed by atoms with Gasteiger partial charge in [-0.05, 0) is 26.4 Å². The second-order valence-electron chi connectivity index (χ2n) is 4.70. The van der Waals surface area contributed by atoms with Gasteiger partial charge in [0.2, 0.25) is 11.8 Å². The van der Waals surface area contributed by atoms with Crippen molar-refractivity contribution < 1.29 is 9.59 Å². The predicted octanol–water partition coefficient (Wildman–Crippen LogP) is -1.08. The van der Waals surface area contributed by atoms with Gasteiger partial charge in [0.1, 0.15) is 0 Å². The average Bonchev–Trinajstić information content (AvgIpc) is 2.34. The summed E-state index contributed by atoms with van der Waals surface area (Å²) in [7, 11) is 1.96. The Hall–Kier alpha value is -1.14. The first-order valence-corrected chi connectivity index (χ1v) is 6.52. The van der Waals surface area contributed by atoms with Gasteiger partial charge in [0.25, 0.3) is 0 Å². The monoisotopic (exact) mass is 256 g/mol.